The van der Waals surface area contributed by atoms with E-state index in [0.717, 1.165) is 12.5 Å². The number of imidazole rings is 1. The van der Waals surface area contributed by atoms with Gasteiger partial charge in [-0.3, -0.25) is 4.90 Å². The monoisotopic (exact) mass is 570 g/mol. The van der Waals surface area contributed by atoms with Crippen LogP contribution in [-0.2, 0) is 43.6 Å². The molecule has 0 amide bonds. The molecule has 2 aromatic carbocycles. The fourth-order valence-corrected chi connectivity index (χ4v) is 5.14. The Balaban J connectivity index is 1.27. The number of aromatic carboxylic acids is 1. The molecule has 0 bridgehead atoms. The predicted molar refractivity (Wildman–Crippen MR) is 139 cm³/mol. The standard InChI is InChI=1S/C29H26F4N4O4/c30-20-4-1-17(2-5-20)16-41-27-22(29(31,32)33)11-18-7-9-36(14-24(18)35-27)15-26-34-23-6-3-19(28(38)39)12-25(23)37(26)13-21-8-10-40-21/h1-6,11-12,21H,7-10,13-16H2,(H,38,39)/t21-/m0/s1. The van der Waals surface area contributed by atoms with Crippen molar-refractivity contribution in [2.75, 3.05) is 13.2 Å². The van der Waals surface area contributed by atoms with Crippen LogP contribution in [0.15, 0.2) is 48.5 Å². The summed E-state index contributed by atoms with van der Waals surface area (Å²) in [5.74, 6) is -1.29. The number of fused-ring (bicyclic) bond motifs is 2. The Kier molecular flexibility index (Phi) is 7.12. The second kappa shape index (κ2) is 10.7. The van der Waals surface area contributed by atoms with Crippen LogP contribution in [-0.4, -0.2) is 49.8 Å². The smallest absolute Gasteiger partial charge is 0.421 e. The van der Waals surface area contributed by atoms with Crippen molar-refractivity contribution in [3.05, 3.63) is 88.1 Å². The van der Waals surface area contributed by atoms with E-state index in [9.17, 15) is 27.5 Å². The van der Waals surface area contributed by atoms with Crippen LogP contribution in [0.5, 0.6) is 5.88 Å². The molecule has 6 rings (SSSR count). The molecule has 8 nitrogen and oxygen atoms in total. The first-order valence-electron chi connectivity index (χ1n) is 13.2. The summed E-state index contributed by atoms with van der Waals surface area (Å²) < 4.78 is 68.0. The molecule has 214 valence electrons. The van der Waals surface area contributed by atoms with Gasteiger partial charge in [0.2, 0.25) is 5.88 Å². The van der Waals surface area contributed by atoms with E-state index in [0.29, 0.717) is 66.3 Å². The molecule has 1 N–H and O–H groups in total. The molecule has 1 fully saturated rings. The number of pyridine rings is 1. The lowest BCUT2D eigenvalue weighted by Gasteiger charge is -2.30. The van der Waals surface area contributed by atoms with Gasteiger partial charge in [-0.05, 0) is 60.4 Å². The van der Waals surface area contributed by atoms with Gasteiger partial charge in [-0.25, -0.2) is 19.2 Å². The van der Waals surface area contributed by atoms with Crippen LogP contribution in [0, 0.1) is 5.82 Å². The van der Waals surface area contributed by atoms with Crippen LogP contribution in [0.3, 0.4) is 0 Å². The minimum atomic E-state index is -4.65. The number of carboxylic acid groups (broad SMARTS) is 1. The molecule has 0 unspecified atom stereocenters. The molecule has 2 aliphatic heterocycles. The molecule has 1 saturated heterocycles. The van der Waals surface area contributed by atoms with Crippen LogP contribution in [0.25, 0.3) is 11.0 Å². The second-order valence-corrected chi connectivity index (χ2v) is 10.2. The number of carbonyl (C=O) groups is 1. The lowest BCUT2D eigenvalue weighted by molar-refractivity contribution is -0.139. The number of halogens is 4. The first kappa shape index (κ1) is 27.2. The van der Waals surface area contributed by atoms with Crippen molar-refractivity contribution < 1.29 is 36.9 Å². The number of aromatic nitrogens is 3. The fourth-order valence-electron chi connectivity index (χ4n) is 5.14. The van der Waals surface area contributed by atoms with Crippen molar-refractivity contribution in [3.8, 4) is 5.88 Å². The van der Waals surface area contributed by atoms with Gasteiger partial charge in [0, 0.05) is 19.7 Å². The lowest BCUT2D eigenvalue weighted by Crippen LogP contribution is -2.34. The Morgan fingerprint density at radius 1 is 1.12 bits per heavy atom. The van der Waals surface area contributed by atoms with Crippen LogP contribution in [0.1, 0.15) is 45.0 Å². The number of benzene rings is 2. The minimum absolute atomic E-state index is 0.00462. The highest BCUT2D eigenvalue weighted by Crippen LogP contribution is 2.38. The summed E-state index contributed by atoms with van der Waals surface area (Å²) in [6.07, 6.45) is -3.40. The molecule has 2 aromatic heterocycles. The Morgan fingerprint density at radius 2 is 1.90 bits per heavy atom. The summed E-state index contributed by atoms with van der Waals surface area (Å²) in [4.78, 5) is 22.7. The first-order chi connectivity index (χ1) is 19.6. The maximum atomic E-state index is 13.9. The molecule has 4 heterocycles. The molecule has 0 aliphatic carbocycles. The van der Waals surface area contributed by atoms with E-state index in [2.05, 4.69) is 4.98 Å². The summed E-state index contributed by atoms with van der Waals surface area (Å²) in [6.45, 7) is 2.16. The highest BCUT2D eigenvalue weighted by atomic mass is 19.4. The van der Waals surface area contributed by atoms with Gasteiger partial charge in [0.25, 0.3) is 0 Å². The number of rotatable bonds is 8. The van der Waals surface area contributed by atoms with Gasteiger partial charge >= 0.3 is 12.1 Å². The van der Waals surface area contributed by atoms with E-state index >= 15 is 0 Å². The lowest BCUT2D eigenvalue weighted by atomic mass is 10.0. The molecule has 0 spiro atoms. The van der Waals surface area contributed by atoms with Crippen LogP contribution in [0.4, 0.5) is 17.6 Å². The van der Waals surface area contributed by atoms with Crippen LogP contribution >= 0.6 is 0 Å². The Bertz CT molecular complexity index is 1600. The Labute approximate surface area is 232 Å². The van der Waals surface area contributed by atoms with E-state index < -0.39 is 29.4 Å². The SMILES string of the molecule is O=C(O)c1ccc2nc(CN3CCc4cc(C(F)(F)F)c(OCc5ccc(F)cc5)nc4C3)n(C[C@@H]3CCO3)c2c1. The van der Waals surface area contributed by atoms with Gasteiger partial charge in [-0.2, -0.15) is 13.2 Å². The zero-order chi connectivity index (χ0) is 28.7. The quantitative estimate of drug-likeness (QED) is 0.291. The highest BCUT2D eigenvalue weighted by Gasteiger charge is 2.37. The number of nitrogens with zero attached hydrogens (tertiary/aromatic N) is 4. The zero-order valence-electron chi connectivity index (χ0n) is 21.8. The number of hydrogen-bond donors (Lipinski definition) is 1. The van der Waals surface area contributed by atoms with Crippen molar-refractivity contribution >= 4 is 17.0 Å². The normalized spacial score (nSPS) is 17.3. The summed E-state index contributed by atoms with van der Waals surface area (Å²) >= 11 is 0. The predicted octanol–water partition coefficient (Wildman–Crippen LogP) is 5.21. The van der Waals surface area contributed by atoms with Gasteiger partial charge in [-0.15, -0.1) is 0 Å². The largest absolute Gasteiger partial charge is 0.478 e. The van der Waals surface area contributed by atoms with Crippen molar-refractivity contribution in [1.29, 1.82) is 0 Å². The third-order valence-electron chi connectivity index (χ3n) is 7.44. The van der Waals surface area contributed by atoms with E-state index in [1.807, 2.05) is 9.47 Å². The van der Waals surface area contributed by atoms with Gasteiger partial charge < -0.3 is 19.1 Å². The van der Waals surface area contributed by atoms with E-state index in [1.165, 1.54) is 30.3 Å². The molecular weight excluding hydrogens is 544 g/mol. The average Bonchev–Trinajstić information content (AvgIpc) is 3.25. The van der Waals surface area contributed by atoms with Crippen LogP contribution in [0.2, 0.25) is 0 Å². The molecule has 4 aromatic rings. The molecule has 12 heteroatoms. The van der Waals surface area contributed by atoms with Gasteiger partial charge in [-0.1, -0.05) is 12.1 Å². The van der Waals surface area contributed by atoms with E-state index in [1.54, 1.807) is 12.1 Å². The van der Waals surface area contributed by atoms with Crippen molar-refractivity contribution in [1.82, 2.24) is 19.4 Å². The van der Waals surface area contributed by atoms with Crippen molar-refractivity contribution in [2.45, 2.75) is 51.4 Å². The van der Waals surface area contributed by atoms with Gasteiger partial charge in [0.1, 0.15) is 23.8 Å². The summed E-state index contributed by atoms with van der Waals surface area (Å²) in [5.41, 5.74) is 2.07. The maximum absolute atomic E-state index is 13.9. The zero-order valence-corrected chi connectivity index (χ0v) is 21.8. The van der Waals surface area contributed by atoms with Crippen LogP contribution < -0.4 is 4.74 Å². The van der Waals surface area contributed by atoms with Gasteiger partial charge in [0.05, 0.1) is 41.5 Å². The third kappa shape index (κ3) is 5.75. The average molecular weight is 571 g/mol. The molecule has 1 atom stereocenters. The number of carboxylic acids is 1. The fraction of sp³-hybridized carbons (Fsp3) is 0.345. The third-order valence-corrected chi connectivity index (χ3v) is 7.44. The van der Waals surface area contributed by atoms with E-state index in [4.69, 9.17) is 14.5 Å². The maximum Gasteiger partial charge on any atom is 0.421 e. The summed E-state index contributed by atoms with van der Waals surface area (Å²) in [7, 11) is 0. The Hall–Kier alpha value is -4.03. The number of alkyl halides is 3. The molecule has 0 saturated carbocycles. The number of hydrogen-bond acceptors (Lipinski definition) is 6. The minimum Gasteiger partial charge on any atom is -0.478 e. The van der Waals surface area contributed by atoms with Gasteiger partial charge in [0.15, 0.2) is 0 Å². The molecule has 0 radical (unpaired) electrons. The summed E-state index contributed by atoms with van der Waals surface area (Å²) in [6, 6.07) is 11.2. The topological polar surface area (TPSA) is 89.7 Å². The molecule has 41 heavy (non-hydrogen) atoms. The Morgan fingerprint density at radius 3 is 2.59 bits per heavy atom. The number of ether oxygens (including phenoxy) is 2. The first-order valence-corrected chi connectivity index (χ1v) is 13.2. The van der Waals surface area contributed by atoms with Crippen molar-refractivity contribution in [2.24, 2.45) is 0 Å². The van der Waals surface area contributed by atoms with E-state index in [-0.39, 0.29) is 24.8 Å². The summed E-state index contributed by atoms with van der Waals surface area (Å²) in [5, 5.41) is 9.48. The van der Waals surface area contributed by atoms with Crippen molar-refractivity contribution in [3.63, 3.8) is 0 Å². The highest BCUT2D eigenvalue weighted by molar-refractivity contribution is 5.92. The molecule has 2 aliphatic rings. The molecular formula is C29H26F4N4O4. The second-order valence-electron chi connectivity index (χ2n) is 10.2.